The summed E-state index contributed by atoms with van der Waals surface area (Å²) in [6, 6.07) is 7.40. The van der Waals surface area contributed by atoms with Crippen LogP contribution in [0.1, 0.15) is 6.92 Å². The average Bonchev–Trinajstić information content (AvgIpc) is 2.70. The predicted molar refractivity (Wildman–Crippen MR) is 129 cm³/mol. The largest absolute Gasteiger partial charge is 0.340 e. The lowest BCUT2D eigenvalue weighted by atomic mass is 10.2. The molecule has 0 unspecified atom stereocenters. The minimum atomic E-state index is 0.293. The van der Waals surface area contributed by atoms with Crippen molar-refractivity contribution in [2.45, 2.75) is 6.92 Å². The van der Waals surface area contributed by atoms with Crippen molar-refractivity contribution in [3.8, 4) is 0 Å². The Balaban J connectivity index is 2.74. The van der Waals surface area contributed by atoms with Gasteiger partial charge in [0.1, 0.15) is 5.82 Å². The normalized spacial score (nSPS) is 13.5. The van der Waals surface area contributed by atoms with Gasteiger partial charge in [0.15, 0.2) is 5.84 Å². The molecule has 6 nitrogen and oxygen atoms in total. The van der Waals surface area contributed by atoms with Crippen LogP contribution in [0.2, 0.25) is 5.02 Å². The average molecular weight is 427 g/mol. The fraction of sp³-hybridized carbons (Fsp3) is 0.0952. The monoisotopic (exact) mass is 426 g/mol. The molecule has 0 aliphatic carbocycles. The SMILES string of the molecule is C=NNC(=NN)C(=C)/C=c1/nc(Nc2ccc(Cl)cc2)/c(=C/SC)c(=C)/c1=C/C. The van der Waals surface area contributed by atoms with Gasteiger partial charge in [0.05, 0.1) is 5.35 Å². The van der Waals surface area contributed by atoms with E-state index in [1.54, 1.807) is 17.8 Å². The van der Waals surface area contributed by atoms with Gasteiger partial charge in [0.2, 0.25) is 0 Å². The molecule has 0 fully saturated rings. The van der Waals surface area contributed by atoms with E-state index in [4.69, 9.17) is 22.4 Å². The van der Waals surface area contributed by atoms with Gasteiger partial charge >= 0.3 is 0 Å². The third-order valence-corrected chi connectivity index (χ3v) is 4.70. The maximum Gasteiger partial charge on any atom is 0.172 e. The zero-order valence-corrected chi connectivity index (χ0v) is 17.9. The van der Waals surface area contributed by atoms with Crippen LogP contribution < -0.4 is 37.6 Å². The molecular formula is C21H23ClN6S. The van der Waals surface area contributed by atoms with E-state index in [0.29, 0.717) is 27.6 Å². The minimum absolute atomic E-state index is 0.293. The molecule has 0 spiro atoms. The maximum atomic E-state index is 5.99. The van der Waals surface area contributed by atoms with Gasteiger partial charge in [-0.3, -0.25) is 5.43 Å². The van der Waals surface area contributed by atoms with E-state index in [0.717, 1.165) is 21.3 Å². The van der Waals surface area contributed by atoms with Crippen LogP contribution in [0.25, 0.3) is 24.1 Å². The second-order valence-corrected chi connectivity index (χ2v) is 6.99. The Morgan fingerprint density at radius 2 is 1.97 bits per heavy atom. The lowest BCUT2D eigenvalue weighted by molar-refractivity contribution is 1.02. The molecule has 0 aliphatic rings. The molecule has 0 bridgehead atoms. The number of thioether (sulfide) groups is 1. The lowest BCUT2D eigenvalue weighted by Crippen LogP contribution is -2.50. The molecule has 1 aromatic heterocycles. The summed E-state index contributed by atoms with van der Waals surface area (Å²) >= 11 is 7.57. The fourth-order valence-electron chi connectivity index (χ4n) is 2.62. The van der Waals surface area contributed by atoms with E-state index < -0.39 is 0 Å². The number of halogens is 1. The van der Waals surface area contributed by atoms with E-state index in [1.165, 1.54) is 0 Å². The molecule has 1 heterocycles. The third-order valence-electron chi connectivity index (χ3n) is 3.97. The number of amidine groups is 1. The summed E-state index contributed by atoms with van der Waals surface area (Å²) in [7, 11) is 0. The van der Waals surface area contributed by atoms with Crippen LogP contribution in [0.4, 0.5) is 11.5 Å². The topological polar surface area (TPSA) is 87.7 Å². The predicted octanol–water partition coefficient (Wildman–Crippen LogP) is 1.60. The standard InChI is InChI=1S/C21H23ClN6S/c1-6-17-14(3)18(12-29-5)21(25-16-9-7-15(22)8-10-16)26-19(17)11-13(2)20(27-23)28-24-4/h6-12H,2-4,23H2,1,5H3,(H,25,26)(H,27,28)/b17-6-,18-12+,19-11+. The van der Waals surface area contributed by atoms with Crippen LogP contribution in [0, 0.1) is 0 Å². The summed E-state index contributed by atoms with van der Waals surface area (Å²) in [5.74, 6) is 6.36. The smallest absolute Gasteiger partial charge is 0.172 e. The molecule has 0 amide bonds. The maximum absolute atomic E-state index is 5.99. The van der Waals surface area contributed by atoms with Gasteiger partial charge in [-0.1, -0.05) is 30.8 Å². The molecule has 0 radical (unpaired) electrons. The van der Waals surface area contributed by atoms with Crippen molar-refractivity contribution in [2.24, 2.45) is 16.0 Å². The molecule has 4 N–H and O–H groups in total. The molecule has 0 atom stereocenters. The Morgan fingerprint density at radius 3 is 2.52 bits per heavy atom. The highest BCUT2D eigenvalue weighted by atomic mass is 35.5. The molecule has 0 saturated carbocycles. The quantitative estimate of drug-likeness (QED) is 0.282. The number of nitrogens with zero attached hydrogens (tertiary/aromatic N) is 3. The van der Waals surface area contributed by atoms with Crippen molar-refractivity contribution < 1.29 is 0 Å². The summed E-state index contributed by atoms with van der Waals surface area (Å²) in [4.78, 5) is 4.81. The fourth-order valence-corrected chi connectivity index (χ4v) is 3.23. The first kappa shape index (κ1) is 22.3. The number of nitrogens with two attached hydrogens (primary N) is 1. The Bertz CT molecular complexity index is 1170. The number of aromatic nitrogens is 1. The zero-order chi connectivity index (χ0) is 21.4. The molecule has 8 heteroatoms. The summed E-state index contributed by atoms with van der Waals surface area (Å²) in [6.07, 6.45) is 5.71. The molecule has 0 aliphatic heterocycles. The highest BCUT2D eigenvalue weighted by molar-refractivity contribution is 8.05. The molecule has 1 aromatic carbocycles. The number of nitrogens with one attached hydrogen (secondary N) is 2. The molecule has 0 saturated heterocycles. The van der Waals surface area contributed by atoms with Crippen LogP contribution in [-0.4, -0.2) is 23.8 Å². The van der Waals surface area contributed by atoms with Crippen molar-refractivity contribution >= 4 is 71.6 Å². The van der Waals surface area contributed by atoms with Crippen LogP contribution in [0.3, 0.4) is 0 Å². The Morgan fingerprint density at radius 1 is 1.28 bits per heavy atom. The van der Waals surface area contributed by atoms with E-state index in [1.807, 2.05) is 48.9 Å². The van der Waals surface area contributed by atoms with Crippen LogP contribution >= 0.6 is 23.4 Å². The summed E-state index contributed by atoms with van der Waals surface area (Å²) in [5.41, 5.74) is 3.98. The molecular weight excluding hydrogens is 404 g/mol. The number of hydrogen-bond donors (Lipinski definition) is 3. The van der Waals surface area contributed by atoms with Gasteiger partial charge < -0.3 is 11.2 Å². The Kier molecular flexibility index (Phi) is 8.06. The van der Waals surface area contributed by atoms with E-state index in [2.05, 4.69) is 40.8 Å². The van der Waals surface area contributed by atoms with Crippen molar-refractivity contribution in [2.75, 3.05) is 11.6 Å². The van der Waals surface area contributed by atoms with Gasteiger partial charge in [-0.2, -0.15) is 10.2 Å². The van der Waals surface area contributed by atoms with E-state index in [-0.39, 0.29) is 0 Å². The second kappa shape index (κ2) is 10.5. The van der Waals surface area contributed by atoms with Crippen molar-refractivity contribution in [3.05, 3.63) is 62.4 Å². The number of benzene rings is 1. The van der Waals surface area contributed by atoms with Gasteiger partial charge in [-0.25, -0.2) is 4.98 Å². The van der Waals surface area contributed by atoms with Crippen molar-refractivity contribution in [1.82, 2.24) is 10.4 Å². The summed E-state index contributed by atoms with van der Waals surface area (Å²) < 4.78 is 0. The first-order valence-electron chi connectivity index (χ1n) is 8.56. The number of anilines is 2. The van der Waals surface area contributed by atoms with Gasteiger partial charge in [-0.05, 0) is 54.1 Å². The number of rotatable bonds is 6. The Labute approximate surface area is 179 Å². The minimum Gasteiger partial charge on any atom is -0.340 e. The Hall–Kier alpha value is -3.03. The van der Waals surface area contributed by atoms with Crippen molar-refractivity contribution in [3.63, 3.8) is 0 Å². The zero-order valence-electron chi connectivity index (χ0n) is 16.4. The molecule has 150 valence electrons. The highest BCUT2D eigenvalue weighted by Gasteiger charge is 2.05. The lowest BCUT2D eigenvalue weighted by Gasteiger charge is -2.09. The van der Waals surface area contributed by atoms with Crippen LogP contribution in [0.15, 0.2) is 46.6 Å². The first-order chi connectivity index (χ1) is 13.9. The van der Waals surface area contributed by atoms with Gasteiger partial charge in [-0.15, -0.1) is 11.8 Å². The number of hydrogen-bond acceptors (Lipinski definition) is 6. The number of hydrazone groups is 2. The third kappa shape index (κ3) is 5.49. The first-order valence-corrected chi connectivity index (χ1v) is 10.2. The van der Waals surface area contributed by atoms with Crippen LogP contribution in [0.5, 0.6) is 0 Å². The highest BCUT2D eigenvalue weighted by Crippen LogP contribution is 2.15. The molecule has 2 aromatic rings. The van der Waals surface area contributed by atoms with Crippen molar-refractivity contribution in [1.29, 1.82) is 0 Å². The van der Waals surface area contributed by atoms with Gasteiger partial charge in [0, 0.05) is 33.4 Å². The van der Waals surface area contributed by atoms with E-state index >= 15 is 0 Å². The second-order valence-electron chi connectivity index (χ2n) is 5.84. The molecule has 29 heavy (non-hydrogen) atoms. The van der Waals surface area contributed by atoms with Gasteiger partial charge in [0.25, 0.3) is 0 Å². The van der Waals surface area contributed by atoms with Crippen LogP contribution in [-0.2, 0) is 0 Å². The number of pyridine rings is 1. The summed E-state index contributed by atoms with van der Waals surface area (Å²) in [5, 5.41) is 16.5. The summed E-state index contributed by atoms with van der Waals surface area (Å²) in [6.45, 7) is 13.6. The molecule has 2 rings (SSSR count). The van der Waals surface area contributed by atoms with E-state index in [9.17, 15) is 0 Å².